The second kappa shape index (κ2) is 6.96. The largest absolute Gasteiger partial charge is 0.508 e. The van der Waals surface area contributed by atoms with Gasteiger partial charge in [-0.1, -0.05) is 56.8 Å². The lowest BCUT2D eigenvalue weighted by molar-refractivity contribution is 0.513. The Morgan fingerprint density at radius 1 is 1.29 bits per heavy atom. The minimum absolute atomic E-state index is 0.115. The van der Waals surface area contributed by atoms with E-state index in [0.717, 1.165) is 11.1 Å². The number of hydrogen-bond donors (Lipinski definition) is 1. The second-order valence-corrected chi connectivity index (χ2v) is 2.53. The van der Waals surface area contributed by atoms with Gasteiger partial charge in [-0.2, -0.15) is 0 Å². The minimum atomic E-state index is 0.115. The van der Waals surface area contributed by atoms with Crippen molar-refractivity contribution in [3.63, 3.8) is 0 Å². The van der Waals surface area contributed by atoms with Crippen LogP contribution in [0.2, 0.25) is 0 Å². The summed E-state index contributed by atoms with van der Waals surface area (Å²) in [7, 11) is 0. The lowest BCUT2D eigenvalue weighted by atomic mass is 10.1. The van der Waals surface area contributed by atoms with Crippen molar-refractivity contribution in [1.82, 2.24) is 0 Å². The van der Waals surface area contributed by atoms with Crippen LogP contribution in [0.25, 0.3) is 11.8 Å². The molecule has 0 saturated heterocycles. The summed E-state index contributed by atoms with van der Waals surface area (Å²) in [4.78, 5) is 0. The van der Waals surface area contributed by atoms with Crippen LogP contribution in [-0.2, 0) is 0 Å². The molecule has 1 aromatic carbocycles. The number of allylic oxidation sites excluding steroid dienone is 1. The topological polar surface area (TPSA) is 20.2 Å². The van der Waals surface area contributed by atoms with E-state index in [9.17, 15) is 5.11 Å². The summed E-state index contributed by atoms with van der Waals surface area (Å²) in [5.41, 5.74) is 1.78. The molecule has 0 spiro atoms. The van der Waals surface area contributed by atoms with E-state index in [-0.39, 0.29) is 5.76 Å². The van der Waals surface area contributed by atoms with Crippen LogP contribution < -0.4 is 0 Å². The van der Waals surface area contributed by atoms with Crippen molar-refractivity contribution < 1.29 is 5.11 Å². The second-order valence-electron chi connectivity index (χ2n) is 2.53. The smallest absolute Gasteiger partial charge is 0.116 e. The predicted molar refractivity (Wildman–Crippen MR) is 64.2 cm³/mol. The zero-order valence-corrected chi connectivity index (χ0v) is 9.12. The molecule has 1 nitrogen and oxygen atoms in total. The third-order valence-corrected chi connectivity index (χ3v) is 1.62. The van der Waals surface area contributed by atoms with Gasteiger partial charge in [-0.3, -0.25) is 0 Å². The van der Waals surface area contributed by atoms with Gasteiger partial charge in [0.2, 0.25) is 0 Å². The first-order valence-electron chi connectivity index (χ1n) is 4.85. The maximum absolute atomic E-state index is 9.20. The molecule has 0 bridgehead atoms. The van der Waals surface area contributed by atoms with Crippen molar-refractivity contribution in [2.45, 2.75) is 20.8 Å². The summed E-state index contributed by atoms with van der Waals surface area (Å²) >= 11 is 0. The van der Waals surface area contributed by atoms with Gasteiger partial charge in [0, 0.05) is 5.56 Å². The van der Waals surface area contributed by atoms with Crippen LogP contribution >= 0.6 is 0 Å². The van der Waals surface area contributed by atoms with Crippen LogP contribution in [0.15, 0.2) is 36.9 Å². The van der Waals surface area contributed by atoms with Crippen LogP contribution in [-0.4, -0.2) is 5.11 Å². The Balaban J connectivity index is 0.000000791. The van der Waals surface area contributed by atoms with E-state index in [1.807, 2.05) is 57.2 Å². The van der Waals surface area contributed by atoms with Crippen molar-refractivity contribution in [2.75, 3.05) is 0 Å². The maximum Gasteiger partial charge on any atom is 0.116 e. The molecule has 14 heavy (non-hydrogen) atoms. The highest BCUT2D eigenvalue weighted by atomic mass is 16.3. The third-order valence-electron chi connectivity index (χ3n) is 1.62. The average molecular weight is 190 g/mol. The first-order chi connectivity index (χ1) is 6.75. The highest BCUT2D eigenvalue weighted by molar-refractivity contribution is 5.68. The van der Waals surface area contributed by atoms with Gasteiger partial charge in [-0.05, 0) is 12.5 Å². The summed E-state index contributed by atoms with van der Waals surface area (Å²) in [6.45, 7) is 9.43. The fourth-order valence-corrected chi connectivity index (χ4v) is 1.08. The van der Waals surface area contributed by atoms with Crippen LogP contribution in [0.1, 0.15) is 31.9 Å². The van der Waals surface area contributed by atoms with E-state index in [1.54, 1.807) is 0 Å². The molecule has 0 amide bonds. The number of rotatable bonds is 2. The Labute approximate surface area is 86.4 Å². The molecular weight excluding hydrogens is 172 g/mol. The quantitative estimate of drug-likeness (QED) is 0.690. The van der Waals surface area contributed by atoms with Crippen molar-refractivity contribution in [3.05, 3.63) is 48.0 Å². The van der Waals surface area contributed by atoms with Crippen LogP contribution in [0, 0.1) is 0 Å². The van der Waals surface area contributed by atoms with Gasteiger partial charge in [0.1, 0.15) is 5.76 Å². The molecule has 0 atom stereocenters. The highest BCUT2D eigenvalue weighted by Gasteiger charge is 1.99. The number of benzene rings is 1. The first-order valence-corrected chi connectivity index (χ1v) is 4.85. The lowest BCUT2D eigenvalue weighted by Crippen LogP contribution is -1.84. The number of hydrogen-bond acceptors (Lipinski definition) is 1. The molecule has 0 fully saturated rings. The fourth-order valence-electron chi connectivity index (χ4n) is 1.08. The van der Waals surface area contributed by atoms with Crippen molar-refractivity contribution in [1.29, 1.82) is 0 Å². The molecule has 1 heteroatoms. The highest BCUT2D eigenvalue weighted by Crippen LogP contribution is 2.16. The number of aliphatic hydroxyl groups is 1. The van der Waals surface area contributed by atoms with Gasteiger partial charge < -0.3 is 5.11 Å². The van der Waals surface area contributed by atoms with Gasteiger partial charge in [-0.15, -0.1) is 0 Å². The normalized spacial score (nSPS) is 9.36. The van der Waals surface area contributed by atoms with Gasteiger partial charge in [-0.25, -0.2) is 0 Å². The van der Waals surface area contributed by atoms with E-state index in [2.05, 4.69) is 6.58 Å². The van der Waals surface area contributed by atoms with Gasteiger partial charge >= 0.3 is 0 Å². The summed E-state index contributed by atoms with van der Waals surface area (Å²) in [6.07, 6.45) is 3.87. The SMILES string of the molecule is C=C(O)c1ccccc1/C=C\C.CC. The Bertz CT molecular complexity index is 311. The minimum Gasteiger partial charge on any atom is -0.508 e. The molecule has 0 saturated carbocycles. The standard InChI is InChI=1S/C11H12O.C2H6/c1-3-6-10-7-4-5-8-11(10)9(2)12;1-2/h3-8,12H,2H2,1H3;1-2H3/b6-3-;. The average Bonchev–Trinajstić information content (AvgIpc) is 2.22. The van der Waals surface area contributed by atoms with Crippen molar-refractivity contribution in [3.8, 4) is 0 Å². The zero-order chi connectivity index (χ0) is 11.0. The Hall–Kier alpha value is -1.50. The van der Waals surface area contributed by atoms with E-state index in [0.29, 0.717) is 0 Å². The Morgan fingerprint density at radius 2 is 1.86 bits per heavy atom. The van der Waals surface area contributed by atoms with E-state index < -0.39 is 0 Å². The summed E-state index contributed by atoms with van der Waals surface area (Å²) in [6, 6.07) is 7.60. The zero-order valence-electron chi connectivity index (χ0n) is 9.12. The third kappa shape index (κ3) is 3.48. The van der Waals surface area contributed by atoms with Crippen molar-refractivity contribution >= 4 is 11.8 Å². The van der Waals surface area contributed by atoms with Gasteiger partial charge in [0.15, 0.2) is 0 Å². The molecule has 0 aromatic heterocycles. The molecule has 0 heterocycles. The van der Waals surface area contributed by atoms with Crippen molar-refractivity contribution in [2.24, 2.45) is 0 Å². The molecule has 0 unspecified atom stereocenters. The Morgan fingerprint density at radius 3 is 2.36 bits per heavy atom. The molecule has 0 radical (unpaired) electrons. The molecular formula is C13H18O. The van der Waals surface area contributed by atoms with E-state index in [1.165, 1.54) is 0 Å². The number of aliphatic hydroxyl groups excluding tert-OH is 1. The molecule has 1 N–H and O–H groups in total. The molecule has 76 valence electrons. The lowest BCUT2D eigenvalue weighted by Gasteiger charge is -2.02. The first kappa shape index (κ1) is 12.5. The fraction of sp³-hybridized carbons (Fsp3) is 0.231. The van der Waals surface area contributed by atoms with Crippen LogP contribution in [0.4, 0.5) is 0 Å². The summed E-state index contributed by atoms with van der Waals surface area (Å²) in [5, 5.41) is 9.20. The molecule has 1 aromatic rings. The monoisotopic (exact) mass is 190 g/mol. The Kier molecular flexibility index (Phi) is 6.21. The molecule has 0 aliphatic carbocycles. The summed E-state index contributed by atoms with van der Waals surface area (Å²) < 4.78 is 0. The predicted octanol–water partition coefficient (Wildman–Crippen LogP) is 4.27. The van der Waals surface area contributed by atoms with E-state index in [4.69, 9.17) is 0 Å². The van der Waals surface area contributed by atoms with E-state index >= 15 is 0 Å². The molecule has 0 aliphatic rings. The summed E-state index contributed by atoms with van der Waals surface area (Å²) in [5.74, 6) is 0.115. The van der Waals surface area contributed by atoms with Gasteiger partial charge in [0.05, 0.1) is 0 Å². The maximum atomic E-state index is 9.20. The van der Waals surface area contributed by atoms with Crippen LogP contribution in [0.5, 0.6) is 0 Å². The van der Waals surface area contributed by atoms with Crippen LogP contribution in [0.3, 0.4) is 0 Å². The van der Waals surface area contributed by atoms with Gasteiger partial charge in [0.25, 0.3) is 0 Å². The molecule has 0 aliphatic heterocycles. The molecule has 1 rings (SSSR count).